The quantitative estimate of drug-likeness (QED) is 0.708. The van der Waals surface area contributed by atoms with Gasteiger partial charge in [-0.3, -0.25) is 9.78 Å². The molecule has 1 saturated heterocycles. The molecular formula is C22H23N3O. The number of fused-ring (bicyclic) bond motifs is 1. The number of piperazine rings is 1. The van der Waals surface area contributed by atoms with Gasteiger partial charge in [-0.25, -0.2) is 0 Å². The Morgan fingerprint density at radius 3 is 2.38 bits per heavy atom. The zero-order chi connectivity index (χ0) is 18.1. The molecule has 0 bridgehead atoms. The fourth-order valence-electron chi connectivity index (χ4n) is 3.72. The molecule has 26 heavy (non-hydrogen) atoms. The number of carbonyl (C=O) groups excluding carboxylic acids is 1. The number of hydrogen-bond donors (Lipinski definition) is 0. The van der Waals surface area contributed by atoms with Gasteiger partial charge in [-0.05, 0) is 37.6 Å². The fraction of sp³-hybridized carbons (Fsp3) is 0.273. The lowest BCUT2D eigenvalue weighted by Crippen LogP contribution is -2.49. The minimum absolute atomic E-state index is 0.108. The first-order valence-corrected chi connectivity index (χ1v) is 9.10. The van der Waals surface area contributed by atoms with Crippen molar-refractivity contribution in [2.45, 2.75) is 13.8 Å². The van der Waals surface area contributed by atoms with Crippen LogP contribution in [0.5, 0.6) is 0 Å². The lowest BCUT2D eigenvalue weighted by molar-refractivity contribution is 0.0748. The van der Waals surface area contributed by atoms with E-state index in [4.69, 9.17) is 0 Å². The maximum absolute atomic E-state index is 13.2. The number of pyridine rings is 1. The molecule has 1 amide bonds. The Bertz CT molecular complexity index is 959. The van der Waals surface area contributed by atoms with E-state index < -0.39 is 0 Å². The fourth-order valence-corrected chi connectivity index (χ4v) is 3.72. The third-order valence-electron chi connectivity index (χ3n) is 5.10. The largest absolute Gasteiger partial charge is 0.368 e. The van der Waals surface area contributed by atoms with Crippen LogP contribution in [0, 0.1) is 13.8 Å². The number of hydrogen-bond acceptors (Lipinski definition) is 3. The Morgan fingerprint density at radius 1 is 0.923 bits per heavy atom. The molecule has 0 unspecified atom stereocenters. The van der Waals surface area contributed by atoms with E-state index in [1.165, 1.54) is 11.3 Å². The number of carbonyl (C=O) groups is 1. The maximum Gasteiger partial charge on any atom is 0.254 e. The zero-order valence-electron chi connectivity index (χ0n) is 15.3. The van der Waals surface area contributed by atoms with Crippen LogP contribution in [-0.2, 0) is 0 Å². The van der Waals surface area contributed by atoms with E-state index in [0.29, 0.717) is 0 Å². The Hall–Kier alpha value is -2.88. The lowest BCUT2D eigenvalue weighted by Gasteiger charge is -2.37. The van der Waals surface area contributed by atoms with Gasteiger partial charge in [-0.15, -0.1) is 0 Å². The van der Waals surface area contributed by atoms with E-state index >= 15 is 0 Å². The van der Waals surface area contributed by atoms with Crippen LogP contribution in [0.25, 0.3) is 10.9 Å². The van der Waals surface area contributed by atoms with E-state index in [-0.39, 0.29) is 5.91 Å². The average Bonchev–Trinajstić information content (AvgIpc) is 2.67. The summed E-state index contributed by atoms with van der Waals surface area (Å²) in [4.78, 5) is 22.0. The van der Waals surface area contributed by atoms with Gasteiger partial charge in [0.2, 0.25) is 0 Å². The van der Waals surface area contributed by atoms with Crippen LogP contribution in [0.1, 0.15) is 21.6 Å². The second-order valence-electron chi connectivity index (χ2n) is 6.89. The highest BCUT2D eigenvalue weighted by Crippen LogP contribution is 2.23. The van der Waals surface area contributed by atoms with Gasteiger partial charge in [-0.1, -0.05) is 36.4 Å². The highest BCUT2D eigenvalue weighted by atomic mass is 16.2. The van der Waals surface area contributed by atoms with Crippen molar-refractivity contribution < 1.29 is 4.79 Å². The minimum Gasteiger partial charge on any atom is -0.368 e. The molecule has 0 N–H and O–H groups in total. The minimum atomic E-state index is 0.108. The first-order valence-electron chi connectivity index (χ1n) is 9.10. The van der Waals surface area contributed by atoms with E-state index in [1.807, 2.05) is 42.2 Å². The van der Waals surface area contributed by atoms with E-state index in [0.717, 1.165) is 48.3 Å². The van der Waals surface area contributed by atoms with E-state index in [2.05, 4.69) is 41.1 Å². The number of anilines is 1. The number of rotatable bonds is 2. The number of amides is 1. The summed E-state index contributed by atoms with van der Waals surface area (Å²) in [6.07, 6.45) is 0. The molecule has 1 fully saturated rings. The summed E-state index contributed by atoms with van der Waals surface area (Å²) in [6.45, 7) is 7.28. The van der Waals surface area contributed by atoms with Gasteiger partial charge in [0.25, 0.3) is 5.91 Å². The van der Waals surface area contributed by atoms with E-state index in [9.17, 15) is 4.79 Å². The third kappa shape index (κ3) is 3.03. The number of nitrogens with zero attached hydrogens (tertiary/aromatic N) is 3. The van der Waals surface area contributed by atoms with Crippen molar-refractivity contribution in [1.29, 1.82) is 0 Å². The molecule has 0 saturated carbocycles. The molecule has 2 heterocycles. The Balaban J connectivity index is 1.55. The summed E-state index contributed by atoms with van der Waals surface area (Å²) < 4.78 is 0. The predicted octanol–water partition coefficient (Wildman–Crippen LogP) is 3.81. The second-order valence-corrected chi connectivity index (χ2v) is 6.89. The van der Waals surface area contributed by atoms with Crippen LogP contribution in [0.2, 0.25) is 0 Å². The molecule has 4 rings (SSSR count). The van der Waals surface area contributed by atoms with Crippen LogP contribution in [0.4, 0.5) is 5.69 Å². The van der Waals surface area contributed by atoms with Crippen molar-refractivity contribution in [3.8, 4) is 0 Å². The van der Waals surface area contributed by atoms with Gasteiger partial charge >= 0.3 is 0 Å². The molecule has 1 aliphatic rings. The molecule has 3 aromatic rings. The zero-order valence-corrected chi connectivity index (χ0v) is 15.3. The molecule has 1 aliphatic heterocycles. The van der Waals surface area contributed by atoms with Crippen LogP contribution in [-0.4, -0.2) is 42.0 Å². The molecule has 0 atom stereocenters. The molecular weight excluding hydrogens is 322 g/mol. The molecule has 2 aromatic carbocycles. The van der Waals surface area contributed by atoms with Gasteiger partial charge in [-0.2, -0.15) is 0 Å². The highest BCUT2D eigenvalue weighted by molar-refractivity contribution is 6.06. The summed E-state index contributed by atoms with van der Waals surface area (Å²) in [5.41, 5.74) is 5.07. The number of aromatic nitrogens is 1. The van der Waals surface area contributed by atoms with Gasteiger partial charge in [0, 0.05) is 42.9 Å². The number of benzene rings is 2. The van der Waals surface area contributed by atoms with Crippen LogP contribution < -0.4 is 4.90 Å². The number of aryl methyl sites for hydroxylation is 2. The van der Waals surface area contributed by atoms with Crippen LogP contribution in [0.3, 0.4) is 0 Å². The normalized spacial score (nSPS) is 14.7. The smallest absolute Gasteiger partial charge is 0.254 e. The van der Waals surface area contributed by atoms with Crippen molar-refractivity contribution in [3.05, 3.63) is 71.4 Å². The average molecular weight is 345 g/mol. The molecule has 4 heteroatoms. The topological polar surface area (TPSA) is 36.4 Å². The third-order valence-corrected chi connectivity index (χ3v) is 5.10. The SMILES string of the molecule is Cc1cc(C(=O)N2CCN(c3ccccc3C)CC2)c2ccccc2n1. The van der Waals surface area contributed by atoms with Gasteiger partial charge in [0.05, 0.1) is 11.1 Å². The summed E-state index contributed by atoms with van der Waals surface area (Å²) in [6, 6.07) is 18.2. The van der Waals surface area contributed by atoms with Gasteiger partial charge in [0.1, 0.15) is 0 Å². The van der Waals surface area contributed by atoms with Crippen molar-refractivity contribution in [1.82, 2.24) is 9.88 Å². The first-order chi connectivity index (χ1) is 12.6. The molecule has 132 valence electrons. The Morgan fingerprint density at radius 2 is 1.62 bits per heavy atom. The summed E-state index contributed by atoms with van der Waals surface area (Å²) in [7, 11) is 0. The molecule has 0 spiro atoms. The van der Waals surface area contributed by atoms with Gasteiger partial charge < -0.3 is 9.80 Å². The molecule has 0 aliphatic carbocycles. The van der Waals surface area contributed by atoms with E-state index in [1.54, 1.807) is 0 Å². The highest BCUT2D eigenvalue weighted by Gasteiger charge is 2.24. The number of para-hydroxylation sites is 2. The standard InChI is InChI=1S/C22H23N3O/c1-16-7-3-6-10-21(16)24-11-13-25(14-12-24)22(26)19-15-17(2)23-20-9-5-4-8-18(19)20/h3-10,15H,11-14H2,1-2H3. The van der Waals surface area contributed by atoms with Crippen molar-refractivity contribution in [3.63, 3.8) is 0 Å². The monoisotopic (exact) mass is 345 g/mol. The van der Waals surface area contributed by atoms with Gasteiger partial charge in [0.15, 0.2) is 0 Å². The Kier molecular flexibility index (Phi) is 4.33. The molecule has 4 nitrogen and oxygen atoms in total. The van der Waals surface area contributed by atoms with Crippen molar-refractivity contribution >= 4 is 22.5 Å². The van der Waals surface area contributed by atoms with Crippen molar-refractivity contribution in [2.75, 3.05) is 31.1 Å². The molecule has 0 radical (unpaired) electrons. The lowest BCUT2D eigenvalue weighted by atomic mass is 10.1. The van der Waals surface area contributed by atoms with Crippen LogP contribution >= 0.6 is 0 Å². The summed E-state index contributed by atoms with van der Waals surface area (Å²) in [5.74, 6) is 0.108. The molecule has 1 aromatic heterocycles. The predicted molar refractivity (Wildman–Crippen MR) is 106 cm³/mol. The maximum atomic E-state index is 13.2. The Labute approximate surface area is 154 Å². The summed E-state index contributed by atoms with van der Waals surface area (Å²) >= 11 is 0. The second kappa shape index (κ2) is 6.79. The van der Waals surface area contributed by atoms with Crippen molar-refractivity contribution in [2.24, 2.45) is 0 Å². The first kappa shape index (κ1) is 16.6. The summed E-state index contributed by atoms with van der Waals surface area (Å²) in [5, 5.41) is 0.935. The van der Waals surface area contributed by atoms with Crippen LogP contribution in [0.15, 0.2) is 54.6 Å².